The molecule has 0 unspecified atom stereocenters. The second-order valence-electron chi connectivity index (χ2n) is 10.1. The van der Waals surface area contributed by atoms with Gasteiger partial charge in [-0.15, -0.1) is 0 Å². The van der Waals surface area contributed by atoms with E-state index >= 15 is 0 Å². The second-order valence-corrected chi connectivity index (χ2v) is 10.1. The molecule has 9 nitrogen and oxygen atoms in total. The van der Waals surface area contributed by atoms with Gasteiger partial charge in [-0.2, -0.15) is 0 Å². The average molecular weight is 491 g/mol. The lowest BCUT2D eigenvalue weighted by Gasteiger charge is -2.41. The highest BCUT2D eigenvalue weighted by Crippen LogP contribution is 2.44. The van der Waals surface area contributed by atoms with E-state index in [0.717, 1.165) is 38.3 Å². The fraction of sp³-hybridized carbons (Fsp3) is 0.640. The van der Waals surface area contributed by atoms with Crippen LogP contribution < -0.4 is 10.2 Å². The largest absolute Gasteiger partial charge is 0.465 e. The van der Waals surface area contributed by atoms with Crippen LogP contribution in [0.4, 0.5) is 14.9 Å². The Labute approximate surface area is 205 Å². The molecule has 3 heterocycles. The number of halogens is 1. The highest BCUT2D eigenvalue weighted by molar-refractivity contribution is 5.79. The number of benzene rings is 1. The molecule has 3 atom stereocenters. The topological polar surface area (TPSA) is 102 Å². The van der Waals surface area contributed by atoms with E-state index < -0.39 is 17.6 Å². The van der Waals surface area contributed by atoms with Gasteiger partial charge in [0.05, 0.1) is 5.41 Å². The van der Waals surface area contributed by atoms with Crippen molar-refractivity contribution in [1.29, 1.82) is 0 Å². The summed E-state index contributed by atoms with van der Waals surface area (Å²) in [5, 5.41) is 11.1. The van der Waals surface area contributed by atoms with E-state index in [1.54, 1.807) is 0 Å². The summed E-state index contributed by atoms with van der Waals surface area (Å²) in [6.45, 7) is 7.28. The Morgan fingerprint density at radius 3 is 2.60 bits per heavy atom. The maximum Gasteiger partial charge on any atom is 0.405 e. The lowest BCUT2D eigenvalue weighted by Crippen LogP contribution is -2.52. The van der Waals surface area contributed by atoms with Crippen molar-refractivity contribution in [1.82, 2.24) is 15.1 Å². The number of piperazine rings is 1. The molecular weight excluding hydrogens is 455 g/mol. The highest BCUT2D eigenvalue weighted by atomic mass is 19.1. The van der Waals surface area contributed by atoms with Gasteiger partial charge in [0, 0.05) is 50.9 Å². The van der Waals surface area contributed by atoms with Crippen LogP contribution in [0.15, 0.2) is 24.3 Å². The van der Waals surface area contributed by atoms with Crippen LogP contribution in [0.1, 0.15) is 32.6 Å². The number of anilines is 1. The molecule has 10 heteroatoms. The fourth-order valence-electron chi connectivity index (χ4n) is 5.65. The van der Waals surface area contributed by atoms with Crippen LogP contribution in [0.2, 0.25) is 0 Å². The van der Waals surface area contributed by atoms with Crippen molar-refractivity contribution in [2.24, 2.45) is 5.41 Å². The number of aldehydes is 1. The number of cyclic esters (lactones) is 1. The van der Waals surface area contributed by atoms with Gasteiger partial charge in [-0.25, -0.2) is 9.18 Å². The van der Waals surface area contributed by atoms with Crippen LogP contribution in [0.5, 0.6) is 0 Å². The van der Waals surface area contributed by atoms with E-state index in [4.69, 9.17) is 9.84 Å². The number of piperidine rings is 1. The van der Waals surface area contributed by atoms with E-state index in [1.807, 2.05) is 17.0 Å². The van der Waals surface area contributed by atoms with Gasteiger partial charge in [-0.3, -0.25) is 9.69 Å². The molecule has 35 heavy (non-hydrogen) atoms. The Bertz CT molecular complexity index is 906. The number of carbonyl (C=O) groups is 3. The SMILES string of the molecule is C[C@H]1CN(c2ccc(F)cc2)CCN1CC[C@H]1CC2(CCN(C[C@@H](C=O)NC(=O)O)CC2)C(=O)O1. The molecule has 1 aromatic rings. The van der Waals surface area contributed by atoms with Gasteiger partial charge in [0.2, 0.25) is 0 Å². The summed E-state index contributed by atoms with van der Waals surface area (Å²) in [4.78, 5) is 41.5. The van der Waals surface area contributed by atoms with Gasteiger partial charge in [-0.05, 0) is 63.5 Å². The second kappa shape index (κ2) is 10.9. The Kier molecular flexibility index (Phi) is 7.91. The Morgan fingerprint density at radius 2 is 1.97 bits per heavy atom. The van der Waals surface area contributed by atoms with Crippen LogP contribution in [0.25, 0.3) is 0 Å². The summed E-state index contributed by atoms with van der Waals surface area (Å²) >= 11 is 0. The Hall–Kier alpha value is -2.72. The molecule has 2 N–H and O–H groups in total. The third-order valence-corrected chi connectivity index (χ3v) is 7.76. The number of likely N-dealkylation sites (tertiary alicyclic amines) is 1. The van der Waals surface area contributed by atoms with Crippen molar-refractivity contribution in [2.45, 2.75) is 50.8 Å². The molecule has 3 aliphatic heterocycles. The van der Waals surface area contributed by atoms with Crippen LogP contribution >= 0.6 is 0 Å². The lowest BCUT2D eigenvalue weighted by molar-refractivity contribution is -0.151. The van der Waals surface area contributed by atoms with E-state index in [2.05, 4.69) is 22.0 Å². The van der Waals surface area contributed by atoms with Gasteiger partial charge >= 0.3 is 12.1 Å². The molecule has 3 aliphatic rings. The van der Waals surface area contributed by atoms with Gasteiger partial charge in [0.25, 0.3) is 0 Å². The molecule has 0 bridgehead atoms. The first-order chi connectivity index (χ1) is 16.8. The molecule has 3 saturated heterocycles. The molecule has 3 fully saturated rings. The first-order valence-electron chi connectivity index (χ1n) is 12.4. The predicted octanol–water partition coefficient (Wildman–Crippen LogP) is 1.96. The third-order valence-electron chi connectivity index (χ3n) is 7.76. The minimum atomic E-state index is -1.22. The minimum Gasteiger partial charge on any atom is -0.465 e. The summed E-state index contributed by atoms with van der Waals surface area (Å²) in [5.74, 6) is -0.345. The Morgan fingerprint density at radius 1 is 1.26 bits per heavy atom. The summed E-state index contributed by atoms with van der Waals surface area (Å²) in [7, 11) is 0. The van der Waals surface area contributed by atoms with Crippen molar-refractivity contribution in [3.05, 3.63) is 30.1 Å². The molecule has 0 saturated carbocycles. The van der Waals surface area contributed by atoms with Gasteiger partial charge < -0.3 is 29.8 Å². The van der Waals surface area contributed by atoms with Crippen LogP contribution in [0, 0.1) is 11.2 Å². The number of amides is 1. The smallest absolute Gasteiger partial charge is 0.405 e. The van der Waals surface area contributed by atoms with E-state index in [1.165, 1.54) is 12.1 Å². The maximum absolute atomic E-state index is 13.2. The minimum absolute atomic E-state index is 0.0900. The number of esters is 1. The monoisotopic (exact) mass is 490 g/mol. The molecular formula is C25H35FN4O5. The highest BCUT2D eigenvalue weighted by Gasteiger charge is 2.50. The predicted molar refractivity (Wildman–Crippen MR) is 128 cm³/mol. The summed E-state index contributed by atoms with van der Waals surface area (Å²) in [5.41, 5.74) is 0.569. The van der Waals surface area contributed by atoms with Gasteiger partial charge in [-0.1, -0.05) is 0 Å². The van der Waals surface area contributed by atoms with Crippen LogP contribution in [-0.2, 0) is 14.3 Å². The number of ether oxygens (including phenoxy) is 1. The standard InChI is InChI=1S/C25H35FN4O5/c1-18-15-30(21-4-2-19(26)3-5-21)13-12-29(18)9-6-22-14-25(23(32)35-22)7-10-28(11-8-25)16-20(17-31)27-24(33)34/h2-5,17-18,20,22,27H,6-16H2,1H3,(H,33,34)/t18-,20-,22-/m0/s1. The molecule has 1 amide bonds. The summed E-state index contributed by atoms with van der Waals surface area (Å²) in [6.07, 6.45) is 2.14. The molecule has 4 rings (SSSR count). The molecule has 1 aromatic carbocycles. The zero-order chi connectivity index (χ0) is 25.0. The van der Waals surface area contributed by atoms with Crippen molar-refractivity contribution in [3.63, 3.8) is 0 Å². The van der Waals surface area contributed by atoms with Crippen molar-refractivity contribution in [2.75, 3.05) is 50.7 Å². The Balaban J connectivity index is 1.22. The van der Waals surface area contributed by atoms with Gasteiger partial charge in [0.1, 0.15) is 24.2 Å². The number of hydrogen-bond donors (Lipinski definition) is 2. The fourth-order valence-corrected chi connectivity index (χ4v) is 5.65. The zero-order valence-electron chi connectivity index (χ0n) is 20.2. The molecule has 1 spiro atoms. The average Bonchev–Trinajstić information content (AvgIpc) is 3.14. The molecule has 0 aromatic heterocycles. The quantitative estimate of drug-likeness (QED) is 0.421. The molecule has 192 valence electrons. The number of carbonyl (C=O) groups excluding carboxylic acids is 2. The van der Waals surface area contributed by atoms with Crippen molar-refractivity contribution < 1.29 is 28.6 Å². The van der Waals surface area contributed by atoms with E-state index in [0.29, 0.717) is 51.2 Å². The number of rotatable bonds is 8. The number of nitrogens with one attached hydrogen (secondary N) is 1. The van der Waals surface area contributed by atoms with E-state index in [-0.39, 0.29) is 17.9 Å². The van der Waals surface area contributed by atoms with Gasteiger partial charge in [0.15, 0.2) is 0 Å². The first kappa shape index (κ1) is 25.4. The maximum atomic E-state index is 13.2. The summed E-state index contributed by atoms with van der Waals surface area (Å²) in [6, 6.07) is 6.21. The van der Waals surface area contributed by atoms with Crippen LogP contribution in [-0.4, -0.2) is 97.3 Å². The summed E-state index contributed by atoms with van der Waals surface area (Å²) < 4.78 is 19.0. The lowest BCUT2D eigenvalue weighted by atomic mass is 9.75. The molecule has 0 aliphatic carbocycles. The number of nitrogens with zero attached hydrogens (tertiary/aromatic N) is 3. The number of hydrogen-bond acceptors (Lipinski definition) is 7. The van der Waals surface area contributed by atoms with Crippen LogP contribution in [0.3, 0.4) is 0 Å². The van der Waals surface area contributed by atoms with Crippen molar-refractivity contribution >= 4 is 24.0 Å². The third kappa shape index (κ3) is 6.10. The first-order valence-corrected chi connectivity index (χ1v) is 12.4. The molecule has 0 radical (unpaired) electrons. The zero-order valence-corrected chi connectivity index (χ0v) is 20.2. The van der Waals surface area contributed by atoms with Crippen molar-refractivity contribution in [3.8, 4) is 0 Å². The van der Waals surface area contributed by atoms with E-state index in [9.17, 15) is 18.8 Å². The normalized spacial score (nSPS) is 25.9. The number of carboxylic acid groups (broad SMARTS) is 1.